The van der Waals surface area contributed by atoms with Gasteiger partial charge in [0.25, 0.3) is 0 Å². The minimum absolute atomic E-state index is 0.528. The van der Waals surface area contributed by atoms with Crippen LogP contribution in [0.25, 0.3) is 0 Å². The number of hydrogen-bond acceptors (Lipinski definition) is 2. The summed E-state index contributed by atoms with van der Waals surface area (Å²) >= 11 is 0. The van der Waals surface area contributed by atoms with Crippen LogP contribution in [0.4, 0.5) is 0 Å². The van der Waals surface area contributed by atoms with Crippen LogP contribution >= 0.6 is 0 Å². The summed E-state index contributed by atoms with van der Waals surface area (Å²) < 4.78 is 5.29. The molecule has 0 radical (unpaired) electrons. The summed E-state index contributed by atoms with van der Waals surface area (Å²) in [5.41, 5.74) is 0.528. The molecule has 1 heterocycles. The first-order valence-electron chi connectivity index (χ1n) is 5.44. The molecule has 0 aromatic heterocycles. The van der Waals surface area contributed by atoms with Crippen LogP contribution in [-0.4, -0.2) is 31.3 Å². The number of ether oxygens (including phenoxy) is 1. The maximum Gasteiger partial charge on any atom is 0.0991 e. The summed E-state index contributed by atoms with van der Waals surface area (Å²) in [5, 5.41) is 0. The van der Waals surface area contributed by atoms with E-state index >= 15 is 0 Å². The van der Waals surface area contributed by atoms with Gasteiger partial charge >= 0.3 is 0 Å². The Balaban J connectivity index is 2.06. The first kappa shape index (κ1) is 11.0. The molecule has 0 unspecified atom stereocenters. The molecule has 0 spiro atoms. The Kier molecular flexibility index (Phi) is 4.20. The molecule has 0 saturated carbocycles. The SMILES string of the molecule is CCC(C)(C)CCCN1CCOC1. The molecule has 0 aromatic carbocycles. The smallest absolute Gasteiger partial charge is 0.0991 e. The highest BCUT2D eigenvalue weighted by Crippen LogP contribution is 2.26. The zero-order chi connectivity index (χ0) is 9.73. The third-order valence-electron chi connectivity index (χ3n) is 3.11. The Morgan fingerprint density at radius 1 is 1.38 bits per heavy atom. The summed E-state index contributed by atoms with van der Waals surface area (Å²) in [4.78, 5) is 2.39. The minimum Gasteiger partial charge on any atom is -0.365 e. The number of hydrogen-bond donors (Lipinski definition) is 0. The van der Waals surface area contributed by atoms with Crippen molar-refractivity contribution in [2.45, 2.75) is 40.0 Å². The van der Waals surface area contributed by atoms with Crippen molar-refractivity contribution < 1.29 is 4.74 Å². The fraction of sp³-hybridized carbons (Fsp3) is 1.00. The highest BCUT2D eigenvalue weighted by molar-refractivity contribution is 4.68. The van der Waals surface area contributed by atoms with Crippen LogP contribution in [-0.2, 0) is 4.74 Å². The van der Waals surface area contributed by atoms with Gasteiger partial charge in [0, 0.05) is 13.1 Å². The van der Waals surface area contributed by atoms with Crippen LogP contribution in [0.3, 0.4) is 0 Å². The maximum absolute atomic E-state index is 5.29. The second-order valence-corrected chi connectivity index (χ2v) is 4.78. The van der Waals surface area contributed by atoms with Crippen molar-refractivity contribution >= 4 is 0 Å². The third-order valence-corrected chi connectivity index (χ3v) is 3.11. The average molecular weight is 185 g/mol. The van der Waals surface area contributed by atoms with Gasteiger partial charge in [0.05, 0.1) is 13.3 Å². The average Bonchev–Trinajstić information content (AvgIpc) is 2.57. The molecule has 0 aliphatic carbocycles. The molecule has 13 heavy (non-hydrogen) atoms. The van der Waals surface area contributed by atoms with Gasteiger partial charge in [0.15, 0.2) is 0 Å². The molecule has 1 fully saturated rings. The molecule has 78 valence electrons. The molecule has 1 aliphatic rings. The number of nitrogens with zero attached hydrogens (tertiary/aromatic N) is 1. The van der Waals surface area contributed by atoms with Crippen LogP contribution in [0.15, 0.2) is 0 Å². The van der Waals surface area contributed by atoms with Crippen molar-refractivity contribution in [3.8, 4) is 0 Å². The lowest BCUT2D eigenvalue weighted by Gasteiger charge is -2.23. The molecule has 0 aromatic rings. The highest BCUT2D eigenvalue weighted by atomic mass is 16.5. The van der Waals surface area contributed by atoms with Gasteiger partial charge < -0.3 is 4.74 Å². The molecular weight excluding hydrogens is 162 g/mol. The predicted octanol–water partition coefficient (Wildman–Crippen LogP) is 2.49. The van der Waals surface area contributed by atoms with E-state index < -0.39 is 0 Å². The number of rotatable bonds is 5. The van der Waals surface area contributed by atoms with E-state index in [-0.39, 0.29) is 0 Å². The molecular formula is C11H23NO. The summed E-state index contributed by atoms with van der Waals surface area (Å²) in [6.07, 6.45) is 3.92. The van der Waals surface area contributed by atoms with Crippen LogP contribution < -0.4 is 0 Å². The molecule has 1 saturated heterocycles. The molecule has 1 rings (SSSR count). The van der Waals surface area contributed by atoms with Crippen molar-refractivity contribution in [1.29, 1.82) is 0 Å². The quantitative estimate of drug-likeness (QED) is 0.652. The van der Waals surface area contributed by atoms with Crippen LogP contribution in [0.1, 0.15) is 40.0 Å². The van der Waals surface area contributed by atoms with Gasteiger partial charge in [0.2, 0.25) is 0 Å². The van der Waals surface area contributed by atoms with Crippen molar-refractivity contribution in [3.05, 3.63) is 0 Å². The topological polar surface area (TPSA) is 12.5 Å². The first-order valence-corrected chi connectivity index (χ1v) is 5.44. The lowest BCUT2D eigenvalue weighted by molar-refractivity contribution is 0.136. The molecule has 2 nitrogen and oxygen atoms in total. The van der Waals surface area contributed by atoms with Gasteiger partial charge in [-0.1, -0.05) is 27.2 Å². The molecule has 0 bridgehead atoms. The van der Waals surface area contributed by atoms with E-state index in [1.165, 1.54) is 25.8 Å². The molecule has 2 heteroatoms. The zero-order valence-corrected chi connectivity index (χ0v) is 9.31. The molecule has 0 atom stereocenters. The van der Waals surface area contributed by atoms with E-state index in [9.17, 15) is 0 Å². The molecule has 0 amide bonds. The summed E-state index contributed by atoms with van der Waals surface area (Å²) in [6.45, 7) is 11.1. The Morgan fingerprint density at radius 3 is 2.69 bits per heavy atom. The third kappa shape index (κ3) is 4.10. The summed E-state index contributed by atoms with van der Waals surface area (Å²) in [5.74, 6) is 0. The Hall–Kier alpha value is -0.0800. The minimum atomic E-state index is 0.528. The van der Waals surface area contributed by atoms with E-state index in [0.717, 1.165) is 19.9 Å². The second kappa shape index (κ2) is 4.97. The monoisotopic (exact) mass is 185 g/mol. The van der Waals surface area contributed by atoms with Crippen molar-refractivity contribution in [3.63, 3.8) is 0 Å². The fourth-order valence-electron chi connectivity index (χ4n) is 1.59. The lowest BCUT2D eigenvalue weighted by atomic mass is 9.85. The Bertz CT molecular complexity index is 139. The summed E-state index contributed by atoms with van der Waals surface area (Å²) in [6, 6.07) is 0. The van der Waals surface area contributed by atoms with Crippen molar-refractivity contribution in [1.82, 2.24) is 4.90 Å². The van der Waals surface area contributed by atoms with Gasteiger partial charge in [-0.3, -0.25) is 4.90 Å². The van der Waals surface area contributed by atoms with Crippen molar-refractivity contribution in [2.75, 3.05) is 26.4 Å². The van der Waals surface area contributed by atoms with Crippen LogP contribution in [0, 0.1) is 5.41 Å². The zero-order valence-electron chi connectivity index (χ0n) is 9.31. The van der Waals surface area contributed by atoms with E-state index in [4.69, 9.17) is 4.74 Å². The van der Waals surface area contributed by atoms with Gasteiger partial charge in [-0.25, -0.2) is 0 Å². The maximum atomic E-state index is 5.29. The van der Waals surface area contributed by atoms with Crippen molar-refractivity contribution in [2.24, 2.45) is 5.41 Å². The van der Waals surface area contributed by atoms with E-state index in [1.807, 2.05) is 0 Å². The van der Waals surface area contributed by atoms with E-state index in [2.05, 4.69) is 25.7 Å². The van der Waals surface area contributed by atoms with Gasteiger partial charge in [-0.05, 0) is 18.3 Å². The van der Waals surface area contributed by atoms with Crippen LogP contribution in [0.5, 0.6) is 0 Å². The van der Waals surface area contributed by atoms with Gasteiger partial charge in [0.1, 0.15) is 0 Å². The highest BCUT2D eigenvalue weighted by Gasteiger charge is 2.16. The summed E-state index contributed by atoms with van der Waals surface area (Å²) in [7, 11) is 0. The Labute approximate surface area is 82.3 Å². The Morgan fingerprint density at radius 2 is 2.15 bits per heavy atom. The first-order chi connectivity index (χ1) is 6.14. The standard InChI is InChI=1S/C11H23NO/c1-4-11(2,3)6-5-7-12-8-9-13-10-12/h4-10H2,1-3H3. The second-order valence-electron chi connectivity index (χ2n) is 4.78. The predicted molar refractivity (Wildman–Crippen MR) is 55.7 cm³/mol. The largest absolute Gasteiger partial charge is 0.365 e. The van der Waals surface area contributed by atoms with E-state index in [0.29, 0.717) is 5.41 Å². The van der Waals surface area contributed by atoms with Crippen LogP contribution in [0.2, 0.25) is 0 Å². The molecule has 0 N–H and O–H groups in total. The lowest BCUT2D eigenvalue weighted by Crippen LogP contribution is -2.22. The van der Waals surface area contributed by atoms with Gasteiger partial charge in [-0.15, -0.1) is 0 Å². The van der Waals surface area contributed by atoms with Gasteiger partial charge in [-0.2, -0.15) is 0 Å². The fourth-order valence-corrected chi connectivity index (χ4v) is 1.59. The molecule has 1 aliphatic heterocycles. The van der Waals surface area contributed by atoms with E-state index in [1.54, 1.807) is 0 Å². The normalized spacial score (nSPS) is 19.6.